The molecule has 144 valence electrons. The number of rotatable bonds is 5. The maximum atomic E-state index is 13.1. The second-order valence-corrected chi connectivity index (χ2v) is 7.56. The first-order valence-electron chi connectivity index (χ1n) is 8.79. The van der Waals surface area contributed by atoms with Crippen molar-refractivity contribution in [2.45, 2.75) is 26.9 Å². The lowest BCUT2D eigenvalue weighted by molar-refractivity contribution is -0.123. The topological polar surface area (TPSA) is 55.4 Å². The van der Waals surface area contributed by atoms with E-state index in [1.807, 2.05) is 32.0 Å². The van der Waals surface area contributed by atoms with Gasteiger partial charge in [0.15, 0.2) is 6.10 Å². The minimum Gasteiger partial charge on any atom is -0.448 e. The van der Waals surface area contributed by atoms with Crippen LogP contribution in [0.2, 0.25) is 0 Å². The molecule has 1 aromatic heterocycles. The highest BCUT2D eigenvalue weighted by atomic mass is 32.1. The van der Waals surface area contributed by atoms with E-state index in [-0.39, 0.29) is 11.7 Å². The standard InChI is InChI=1S/C22H20FNO3S/c1-13-5-4-6-14(2)20(13)24-21(25)15(3)27-22(26)19-12-11-18(28-19)16-7-9-17(23)10-8-16/h4-12,15H,1-3H3,(H,24,25). The van der Waals surface area contributed by atoms with E-state index in [2.05, 4.69) is 5.32 Å². The number of ether oxygens (including phenoxy) is 1. The Bertz CT molecular complexity index is 991. The molecule has 0 fully saturated rings. The number of hydrogen-bond acceptors (Lipinski definition) is 4. The normalized spacial score (nSPS) is 11.7. The van der Waals surface area contributed by atoms with Crippen LogP contribution in [0.3, 0.4) is 0 Å². The summed E-state index contributed by atoms with van der Waals surface area (Å²) in [5.41, 5.74) is 3.42. The third-order valence-electron chi connectivity index (χ3n) is 4.32. The molecule has 2 aromatic carbocycles. The molecule has 0 aliphatic heterocycles. The first kappa shape index (κ1) is 19.8. The zero-order valence-corrected chi connectivity index (χ0v) is 16.6. The molecule has 3 aromatic rings. The SMILES string of the molecule is Cc1cccc(C)c1NC(=O)C(C)OC(=O)c1ccc(-c2ccc(F)cc2)s1. The molecule has 1 amide bonds. The van der Waals surface area contributed by atoms with Crippen LogP contribution in [0.15, 0.2) is 54.6 Å². The average Bonchev–Trinajstić information content (AvgIpc) is 3.15. The number of benzene rings is 2. The van der Waals surface area contributed by atoms with Crippen LogP contribution in [0, 0.1) is 19.7 Å². The van der Waals surface area contributed by atoms with Gasteiger partial charge in [-0.3, -0.25) is 4.79 Å². The third-order valence-corrected chi connectivity index (χ3v) is 5.43. The summed E-state index contributed by atoms with van der Waals surface area (Å²) >= 11 is 1.23. The van der Waals surface area contributed by atoms with E-state index in [4.69, 9.17) is 4.74 Å². The lowest BCUT2D eigenvalue weighted by Crippen LogP contribution is -2.30. The Hall–Kier alpha value is -2.99. The first-order chi connectivity index (χ1) is 13.3. The summed E-state index contributed by atoms with van der Waals surface area (Å²) in [6.45, 7) is 5.35. The molecular weight excluding hydrogens is 377 g/mol. The molecule has 0 aliphatic carbocycles. The van der Waals surface area contributed by atoms with Crippen LogP contribution < -0.4 is 5.32 Å². The van der Waals surface area contributed by atoms with Gasteiger partial charge >= 0.3 is 5.97 Å². The van der Waals surface area contributed by atoms with E-state index < -0.39 is 12.1 Å². The molecule has 0 bridgehead atoms. The molecule has 4 nitrogen and oxygen atoms in total. The Kier molecular flexibility index (Phi) is 5.90. The Labute approximate surface area is 167 Å². The van der Waals surface area contributed by atoms with Crippen molar-refractivity contribution >= 4 is 28.9 Å². The number of esters is 1. The number of amides is 1. The second kappa shape index (κ2) is 8.35. The van der Waals surface area contributed by atoms with Crippen molar-refractivity contribution in [3.05, 3.63) is 76.4 Å². The van der Waals surface area contributed by atoms with Crippen molar-refractivity contribution in [1.82, 2.24) is 0 Å². The van der Waals surface area contributed by atoms with Gasteiger partial charge in [0.1, 0.15) is 10.7 Å². The van der Waals surface area contributed by atoms with Crippen LogP contribution >= 0.6 is 11.3 Å². The molecule has 0 radical (unpaired) electrons. The Morgan fingerprint density at radius 3 is 2.29 bits per heavy atom. The Morgan fingerprint density at radius 2 is 1.64 bits per heavy atom. The maximum Gasteiger partial charge on any atom is 0.349 e. The molecule has 1 unspecified atom stereocenters. The largest absolute Gasteiger partial charge is 0.448 e. The molecular formula is C22H20FNO3S. The number of carbonyl (C=O) groups is 2. The van der Waals surface area contributed by atoms with E-state index in [1.54, 1.807) is 24.3 Å². The molecule has 28 heavy (non-hydrogen) atoms. The van der Waals surface area contributed by atoms with E-state index in [9.17, 15) is 14.0 Å². The van der Waals surface area contributed by atoms with Gasteiger partial charge in [-0.1, -0.05) is 30.3 Å². The number of nitrogens with one attached hydrogen (secondary N) is 1. The fraction of sp³-hybridized carbons (Fsp3) is 0.182. The van der Waals surface area contributed by atoms with Crippen LogP contribution in [0.1, 0.15) is 27.7 Å². The van der Waals surface area contributed by atoms with Crippen molar-refractivity contribution in [2.75, 3.05) is 5.32 Å². The van der Waals surface area contributed by atoms with Crippen molar-refractivity contribution in [3.63, 3.8) is 0 Å². The molecule has 0 aliphatic rings. The van der Waals surface area contributed by atoms with Gasteiger partial charge in [0.05, 0.1) is 0 Å². The summed E-state index contributed by atoms with van der Waals surface area (Å²) in [6.07, 6.45) is -0.942. The fourth-order valence-corrected chi connectivity index (χ4v) is 3.62. The van der Waals surface area contributed by atoms with Gasteiger partial charge in [-0.05, 0) is 61.7 Å². The molecule has 6 heteroatoms. The van der Waals surface area contributed by atoms with Gasteiger partial charge in [-0.15, -0.1) is 11.3 Å². The minimum atomic E-state index is -0.942. The van der Waals surface area contributed by atoms with E-state index >= 15 is 0 Å². The van der Waals surface area contributed by atoms with Crippen molar-refractivity contribution in [2.24, 2.45) is 0 Å². The van der Waals surface area contributed by atoms with Crippen LogP contribution in [0.25, 0.3) is 10.4 Å². The fourth-order valence-electron chi connectivity index (χ4n) is 2.73. The number of hydrogen-bond donors (Lipinski definition) is 1. The van der Waals surface area contributed by atoms with Crippen molar-refractivity contribution in [3.8, 4) is 10.4 Å². The van der Waals surface area contributed by atoms with E-state index in [1.165, 1.54) is 30.4 Å². The van der Waals surface area contributed by atoms with Crippen LogP contribution in [-0.2, 0) is 9.53 Å². The molecule has 0 saturated carbocycles. The highest BCUT2D eigenvalue weighted by molar-refractivity contribution is 7.17. The Morgan fingerprint density at radius 1 is 1.00 bits per heavy atom. The summed E-state index contributed by atoms with van der Waals surface area (Å²) in [4.78, 5) is 26.0. The van der Waals surface area contributed by atoms with Gasteiger partial charge in [0, 0.05) is 10.6 Å². The molecule has 1 atom stereocenters. The number of anilines is 1. The van der Waals surface area contributed by atoms with E-state index in [0.717, 1.165) is 27.3 Å². The smallest absolute Gasteiger partial charge is 0.349 e. The Balaban J connectivity index is 1.65. The zero-order chi connectivity index (χ0) is 20.3. The van der Waals surface area contributed by atoms with Gasteiger partial charge in [0.2, 0.25) is 0 Å². The summed E-state index contributed by atoms with van der Waals surface area (Å²) in [7, 11) is 0. The molecule has 0 spiro atoms. The highest BCUT2D eigenvalue weighted by Gasteiger charge is 2.21. The summed E-state index contributed by atoms with van der Waals surface area (Å²) in [5, 5.41) is 2.82. The van der Waals surface area contributed by atoms with Crippen LogP contribution in [-0.4, -0.2) is 18.0 Å². The van der Waals surface area contributed by atoms with E-state index in [0.29, 0.717) is 4.88 Å². The van der Waals surface area contributed by atoms with Crippen LogP contribution in [0.5, 0.6) is 0 Å². The summed E-state index contributed by atoms with van der Waals surface area (Å²) in [5.74, 6) is -1.27. The van der Waals surface area contributed by atoms with Gasteiger partial charge in [-0.25, -0.2) is 9.18 Å². The number of thiophene rings is 1. The van der Waals surface area contributed by atoms with Gasteiger partial charge < -0.3 is 10.1 Å². The summed E-state index contributed by atoms with van der Waals surface area (Å²) in [6, 6.07) is 15.2. The molecule has 3 rings (SSSR count). The molecule has 0 saturated heterocycles. The maximum absolute atomic E-state index is 13.1. The minimum absolute atomic E-state index is 0.316. The zero-order valence-electron chi connectivity index (χ0n) is 15.8. The van der Waals surface area contributed by atoms with Crippen molar-refractivity contribution < 1.29 is 18.7 Å². The highest BCUT2D eigenvalue weighted by Crippen LogP contribution is 2.29. The number of aryl methyl sites for hydroxylation is 2. The van der Waals surface area contributed by atoms with Gasteiger partial charge in [-0.2, -0.15) is 0 Å². The predicted octanol–water partition coefficient (Wildman–Crippen LogP) is 5.36. The molecule has 1 N–H and O–H groups in total. The number of para-hydroxylation sites is 1. The molecule has 1 heterocycles. The average molecular weight is 397 g/mol. The first-order valence-corrected chi connectivity index (χ1v) is 9.60. The lowest BCUT2D eigenvalue weighted by atomic mass is 10.1. The van der Waals surface area contributed by atoms with Gasteiger partial charge in [0.25, 0.3) is 5.91 Å². The third kappa shape index (κ3) is 4.46. The lowest BCUT2D eigenvalue weighted by Gasteiger charge is -2.15. The number of halogens is 1. The van der Waals surface area contributed by atoms with Crippen molar-refractivity contribution in [1.29, 1.82) is 0 Å². The second-order valence-electron chi connectivity index (χ2n) is 6.47. The monoisotopic (exact) mass is 397 g/mol. The van der Waals surface area contributed by atoms with Crippen LogP contribution in [0.4, 0.5) is 10.1 Å². The quantitative estimate of drug-likeness (QED) is 0.590. The number of carbonyl (C=O) groups excluding carboxylic acids is 2. The summed E-state index contributed by atoms with van der Waals surface area (Å²) < 4.78 is 18.4. The predicted molar refractivity (Wildman–Crippen MR) is 109 cm³/mol.